The normalized spacial score (nSPS) is 25.5. The van der Waals surface area contributed by atoms with Crippen molar-refractivity contribution in [2.45, 2.75) is 70.8 Å². The van der Waals surface area contributed by atoms with E-state index in [2.05, 4.69) is 24.0 Å². The van der Waals surface area contributed by atoms with Crippen molar-refractivity contribution >= 4 is 0 Å². The van der Waals surface area contributed by atoms with Crippen LogP contribution in [0.15, 0.2) is 4.52 Å². The average molecular weight is 252 g/mol. The van der Waals surface area contributed by atoms with Gasteiger partial charge in [-0.3, -0.25) is 0 Å². The van der Waals surface area contributed by atoms with E-state index in [-0.39, 0.29) is 6.10 Å². The van der Waals surface area contributed by atoms with Gasteiger partial charge in [0, 0.05) is 5.92 Å². The number of hydrogen-bond acceptors (Lipinski definition) is 4. The molecule has 3 atom stereocenters. The summed E-state index contributed by atoms with van der Waals surface area (Å²) in [4.78, 5) is 4.45. The smallest absolute Gasteiger partial charge is 0.229 e. The molecule has 1 aliphatic carbocycles. The Morgan fingerprint density at radius 1 is 1.39 bits per heavy atom. The standard InChI is InChI=1S/C14H24N2O2/c1-3-5-12(17)9-13-15-14(16-18-13)11-7-6-10(4-2)8-11/h10-12,17H,3-9H2,1-2H3. The van der Waals surface area contributed by atoms with E-state index in [9.17, 15) is 5.11 Å². The minimum absolute atomic E-state index is 0.352. The predicted molar refractivity (Wildman–Crippen MR) is 69.3 cm³/mol. The maximum Gasteiger partial charge on any atom is 0.229 e. The van der Waals surface area contributed by atoms with Gasteiger partial charge in [-0.2, -0.15) is 4.98 Å². The third-order valence-corrected chi connectivity index (χ3v) is 4.00. The Labute approximate surface area is 109 Å². The van der Waals surface area contributed by atoms with E-state index in [1.807, 2.05) is 0 Å². The summed E-state index contributed by atoms with van der Waals surface area (Å²) in [7, 11) is 0. The maximum absolute atomic E-state index is 9.73. The lowest BCUT2D eigenvalue weighted by Gasteiger charge is -2.05. The van der Waals surface area contributed by atoms with Crippen LogP contribution >= 0.6 is 0 Å². The van der Waals surface area contributed by atoms with Crippen LogP contribution < -0.4 is 0 Å². The van der Waals surface area contributed by atoms with Crippen molar-refractivity contribution in [2.75, 3.05) is 0 Å². The lowest BCUT2D eigenvalue weighted by Crippen LogP contribution is -2.10. The fraction of sp³-hybridized carbons (Fsp3) is 0.857. The molecule has 0 radical (unpaired) electrons. The Morgan fingerprint density at radius 3 is 2.89 bits per heavy atom. The molecule has 1 fully saturated rings. The zero-order chi connectivity index (χ0) is 13.0. The van der Waals surface area contributed by atoms with Gasteiger partial charge in [0.05, 0.1) is 12.5 Å². The van der Waals surface area contributed by atoms with Gasteiger partial charge < -0.3 is 9.63 Å². The molecule has 0 saturated heterocycles. The zero-order valence-electron chi connectivity index (χ0n) is 11.4. The molecule has 18 heavy (non-hydrogen) atoms. The number of rotatable bonds is 6. The Kier molecular flexibility index (Phi) is 4.75. The molecule has 1 aliphatic rings. The maximum atomic E-state index is 9.73. The Hall–Kier alpha value is -0.900. The molecule has 3 unspecified atom stereocenters. The van der Waals surface area contributed by atoms with Crippen LogP contribution in [0.1, 0.15) is 70.0 Å². The number of aromatic nitrogens is 2. The molecule has 0 amide bonds. The quantitative estimate of drug-likeness (QED) is 0.845. The predicted octanol–water partition coefficient (Wildman–Crippen LogP) is 3.07. The second-order valence-corrected chi connectivity index (χ2v) is 5.48. The van der Waals surface area contributed by atoms with E-state index in [0.29, 0.717) is 18.2 Å². The van der Waals surface area contributed by atoms with Crippen molar-refractivity contribution in [3.05, 3.63) is 11.7 Å². The van der Waals surface area contributed by atoms with Crippen molar-refractivity contribution in [3.63, 3.8) is 0 Å². The Balaban J connectivity index is 1.90. The molecule has 1 aromatic heterocycles. The first-order chi connectivity index (χ1) is 8.72. The third kappa shape index (κ3) is 3.31. The summed E-state index contributed by atoms with van der Waals surface area (Å²) in [6.45, 7) is 4.31. The van der Waals surface area contributed by atoms with Crippen LogP contribution in [0.4, 0.5) is 0 Å². The van der Waals surface area contributed by atoms with Crippen molar-refractivity contribution in [3.8, 4) is 0 Å². The van der Waals surface area contributed by atoms with Gasteiger partial charge in [0.25, 0.3) is 0 Å². The minimum Gasteiger partial charge on any atom is -0.393 e. The molecular formula is C14H24N2O2. The van der Waals surface area contributed by atoms with Gasteiger partial charge in [0.2, 0.25) is 5.89 Å². The first kappa shape index (κ1) is 13.5. The summed E-state index contributed by atoms with van der Waals surface area (Å²) >= 11 is 0. The van der Waals surface area contributed by atoms with Crippen LogP contribution in [-0.4, -0.2) is 21.4 Å². The summed E-state index contributed by atoms with van der Waals surface area (Å²) in [6, 6.07) is 0. The SMILES string of the molecule is CCCC(O)Cc1nc(C2CCC(CC)C2)no1. The summed E-state index contributed by atoms with van der Waals surface area (Å²) in [5, 5.41) is 13.8. The fourth-order valence-electron chi connectivity index (χ4n) is 2.83. The summed E-state index contributed by atoms with van der Waals surface area (Å²) < 4.78 is 5.24. The molecule has 102 valence electrons. The molecule has 2 rings (SSSR count). The number of aliphatic hydroxyl groups excluding tert-OH is 1. The van der Waals surface area contributed by atoms with Crippen LogP contribution in [0.25, 0.3) is 0 Å². The molecular weight excluding hydrogens is 228 g/mol. The number of nitrogens with zero attached hydrogens (tertiary/aromatic N) is 2. The van der Waals surface area contributed by atoms with Gasteiger partial charge in [0.15, 0.2) is 5.82 Å². The number of hydrogen-bond donors (Lipinski definition) is 1. The van der Waals surface area contributed by atoms with E-state index in [4.69, 9.17) is 4.52 Å². The third-order valence-electron chi connectivity index (χ3n) is 4.00. The van der Waals surface area contributed by atoms with E-state index in [1.54, 1.807) is 0 Å². The highest BCUT2D eigenvalue weighted by Gasteiger charge is 2.28. The first-order valence-corrected chi connectivity index (χ1v) is 7.23. The molecule has 1 saturated carbocycles. The molecule has 0 bridgehead atoms. The van der Waals surface area contributed by atoms with E-state index in [0.717, 1.165) is 24.6 Å². The van der Waals surface area contributed by atoms with Crippen LogP contribution in [0.2, 0.25) is 0 Å². The molecule has 0 spiro atoms. The van der Waals surface area contributed by atoms with E-state index < -0.39 is 0 Å². The molecule has 1 N–H and O–H groups in total. The minimum atomic E-state index is -0.352. The van der Waals surface area contributed by atoms with Crippen LogP contribution in [0, 0.1) is 5.92 Å². The fourth-order valence-corrected chi connectivity index (χ4v) is 2.83. The van der Waals surface area contributed by atoms with Gasteiger partial charge in [-0.25, -0.2) is 0 Å². The molecule has 0 aromatic carbocycles. The topological polar surface area (TPSA) is 59.2 Å². The van der Waals surface area contributed by atoms with Gasteiger partial charge in [-0.05, 0) is 31.6 Å². The van der Waals surface area contributed by atoms with Gasteiger partial charge in [-0.1, -0.05) is 31.8 Å². The largest absolute Gasteiger partial charge is 0.393 e. The molecule has 1 heterocycles. The highest BCUT2D eigenvalue weighted by Crippen LogP contribution is 2.38. The summed E-state index contributed by atoms with van der Waals surface area (Å²) in [5.41, 5.74) is 0. The number of aliphatic hydroxyl groups is 1. The van der Waals surface area contributed by atoms with Crippen LogP contribution in [-0.2, 0) is 6.42 Å². The summed E-state index contributed by atoms with van der Waals surface area (Å²) in [5.74, 6) is 2.73. The molecule has 4 heteroatoms. The van der Waals surface area contributed by atoms with E-state index >= 15 is 0 Å². The lowest BCUT2D eigenvalue weighted by molar-refractivity contribution is 0.151. The molecule has 0 aliphatic heterocycles. The monoisotopic (exact) mass is 252 g/mol. The zero-order valence-corrected chi connectivity index (χ0v) is 11.4. The van der Waals surface area contributed by atoms with Crippen molar-refractivity contribution < 1.29 is 9.63 Å². The molecule has 1 aromatic rings. The highest BCUT2D eigenvalue weighted by molar-refractivity contribution is 5.00. The Morgan fingerprint density at radius 2 is 2.22 bits per heavy atom. The Bertz CT molecular complexity index is 364. The van der Waals surface area contributed by atoms with Gasteiger partial charge in [0.1, 0.15) is 0 Å². The average Bonchev–Trinajstić information content (AvgIpc) is 2.96. The van der Waals surface area contributed by atoms with Gasteiger partial charge in [-0.15, -0.1) is 0 Å². The second-order valence-electron chi connectivity index (χ2n) is 5.48. The molecule has 4 nitrogen and oxygen atoms in total. The lowest BCUT2D eigenvalue weighted by atomic mass is 10.0. The summed E-state index contributed by atoms with van der Waals surface area (Å²) in [6.07, 6.45) is 6.80. The van der Waals surface area contributed by atoms with Gasteiger partial charge >= 0.3 is 0 Å². The van der Waals surface area contributed by atoms with Crippen LogP contribution in [0.3, 0.4) is 0 Å². The highest BCUT2D eigenvalue weighted by atomic mass is 16.5. The van der Waals surface area contributed by atoms with Crippen LogP contribution in [0.5, 0.6) is 0 Å². The van der Waals surface area contributed by atoms with Crippen molar-refractivity contribution in [1.82, 2.24) is 10.1 Å². The van der Waals surface area contributed by atoms with Crippen molar-refractivity contribution in [1.29, 1.82) is 0 Å². The van der Waals surface area contributed by atoms with E-state index in [1.165, 1.54) is 25.7 Å². The van der Waals surface area contributed by atoms with Crippen molar-refractivity contribution in [2.24, 2.45) is 5.92 Å². The first-order valence-electron chi connectivity index (χ1n) is 7.23. The second kappa shape index (κ2) is 6.32.